The number of rotatable bonds is 4. The maximum absolute atomic E-state index is 12.9. The van der Waals surface area contributed by atoms with Crippen LogP contribution in [-0.2, 0) is 14.3 Å². The Balaban J connectivity index is 1.47. The van der Waals surface area contributed by atoms with E-state index in [0.717, 1.165) is 35.1 Å². The van der Waals surface area contributed by atoms with Crippen LogP contribution in [0.4, 0.5) is 5.69 Å². The Kier molecular flexibility index (Phi) is 4.62. The predicted octanol–water partition coefficient (Wildman–Crippen LogP) is 4.41. The number of methoxy groups -OCH3 is 1. The fraction of sp³-hybridized carbons (Fsp3) is 0.292. The minimum atomic E-state index is -0.319. The molecule has 0 spiro atoms. The van der Waals surface area contributed by atoms with Crippen molar-refractivity contribution in [3.63, 3.8) is 0 Å². The van der Waals surface area contributed by atoms with E-state index in [0.29, 0.717) is 30.3 Å². The number of imidazole rings is 1. The molecule has 2 aliphatic rings. The van der Waals surface area contributed by atoms with Crippen LogP contribution in [-0.4, -0.2) is 28.8 Å². The number of hydrogen-bond donors (Lipinski definition) is 1. The summed E-state index contributed by atoms with van der Waals surface area (Å²) in [4.78, 5) is 33.5. The zero-order chi connectivity index (χ0) is 20.7. The summed E-state index contributed by atoms with van der Waals surface area (Å²) in [7, 11) is 1.60. The highest BCUT2D eigenvalue weighted by molar-refractivity contribution is 6.06. The third kappa shape index (κ3) is 3.18. The zero-order valence-corrected chi connectivity index (χ0v) is 16.8. The fourth-order valence-electron chi connectivity index (χ4n) is 4.58. The molecule has 1 fully saturated rings. The Morgan fingerprint density at radius 3 is 2.50 bits per heavy atom. The minimum absolute atomic E-state index is 0.110. The molecule has 30 heavy (non-hydrogen) atoms. The summed E-state index contributed by atoms with van der Waals surface area (Å²) in [5.41, 5.74) is 4.77. The van der Waals surface area contributed by atoms with Crippen molar-refractivity contribution in [1.29, 1.82) is 0 Å². The molecule has 1 aromatic heterocycles. The van der Waals surface area contributed by atoms with Gasteiger partial charge in [-0.1, -0.05) is 24.3 Å². The first-order chi connectivity index (χ1) is 14.6. The molecule has 0 bridgehead atoms. The van der Waals surface area contributed by atoms with E-state index in [4.69, 9.17) is 4.74 Å². The molecule has 0 radical (unpaired) electrons. The van der Waals surface area contributed by atoms with Crippen molar-refractivity contribution in [2.45, 2.75) is 37.6 Å². The molecule has 1 amide bonds. The number of aromatic amines is 1. The van der Waals surface area contributed by atoms with Gasteiger partial charge < -0.3 is 9.72 Å². The maximum atomic E-state index is 12.9. The molecule has 6 nitrogen and oxygen atoms in total. The molecule has 1 atom stereocenters. The SMILES string of the molecule is COC1=CC(=O)N(c2ccc3[nH]cnc3c2)C1c1ccc(C2CCC(=O)CC2)cc1. The van der Waals surface area contributed by atoms with Crippen LogP contribution in [0.15, 0.2) is 60.6 Å². The monoisotopic (exact) mass is 401 g/mol. The van der Waals surface area contributed by atoms with Crippen molar-refractivity contribution in [1.82, 2.24) is 9.97 Å². The molecule has 1 N–H and O–H groups in total. The number of Topliss-reactive ketones (excluding diaryl/α,β-unsaturated/α-hetero) is 1. The summed E-state index contributed by atoms with van der Waals surface area (Å²) >= 11 is 0. The first-order valence-corrected chi connectivity index (χ1v) is 10.3. The number of nitrogens with zero attached hydrogens (tertiary/aromatic N) is 2. The standard InChI is InChI=1S/C24H23N3O3/c1-30-22-13-23(29)27(18-8-11-20-21(12-18)26-14-25-20)24(22)17-4-2-15(3-5-17)16-6-9-19(28)10-7-16/h2-5,8,11-14,16,24H,6-7,9-10H2,1H3,(H,25,26). The summed E-state index contributed by atoms with van der Waals surface area (Å²) in [6, 6.07) is 13.8. The van der Waals surface area contributed by atoms with Crippen molar-refractivity contribution < 1.29 is 14.3 Å². The number of ketones is 1. The summed E-state index contributed by atoms with van der Waals surface area (Å²) in [6.07, 6.45) is 6.37. The van der Waals surface area contributed by atoms with E-state index in [1.54, 1.807) is 24.4 Å². The number of carbonyl (C=O) groups excluding carboxylic acids is 2. The fourth-order valence-corrected chi connectivity index (χ4v) is 4.58. The Labute approximate surface area is 174 Å². The number of ether oxygens (including phenoxy) is 1. The molecule has 6 heteroatoms. The molecule has 0 saturated heterocycles. The van der Waals surface area contributed by atoms with Gasteiger partial charge in [0.15, 0.2) is 0 Å². The summed E-state index contributed by atoms with van der Waals surface area (Å²) < 4.78 is 5.57. The number of anilines is 1. The van der Waals surface area contributed by atoms with Crippen molar-refractivity contribution in [2.75, 3.05) is 12.0 Å². The van der Waals surface area contributed by atoms with Crippen LogP contribution in [0.2, 0.25) is 0 Å². The van der Waals surface area contributed by atoms with Crippen molar-refractivity contribution >= 4 is 28.4 Å². The summed E-state index contributed by atoms with van der Waals surface area (Å²) in [5, 5.41) is 0. The van der Waals surface area contributed by atoms with Crippen LogP contribution in [0, 0.1) is 0 Å². The number of amides is 1. The number of fused-ring (bicyclic) bond motifs is 1. The van der Waals surface area contributed by atoms with Crippen molar-refractivity contribution in [2.24, 2.45) is 0 Å². The van der Waals surface area contributed by atoms with Gasteiger partial charge in [-0.2, -0.15) is 0 Å². The molecule has 1 aliphatic heterocycles. The Hall–Kier alpha value is -3.41. The molecule has 3 aromatic rings. The topological polar surface area (TPSA) is 75.3 Å². The lowest BCUT2D eigenvalue weighted by Gasteiger charge is -2.28. The Bertz CT molecular complexity index is 1140. The number of H-pyrrole nitrogens is 1. The summed E-state index contributed by atoms with van der Waals surface area (Å²) in [6.45, 7) is 0. The van der Waals surface area contributed by atoms with E-state index in [-0.39, 0.29) is 11.9 Å². The van der Waals surface area contributed by atoms with E-state index >= 15 is 0 Å². The minimum Gasteiger partial charge on any atom is -0.498 e. The third-order valence-electron chi connectivity index (χ3n) is 6.22. The quantitative estimate of drug-likeness (QED) is 0.703. The molecule has 5 rings (SSSR count). The normalized spacial score (nSPS) is 20.1. The Morgan fingerprint density at radius 2 is 1.77 bits per heavy atom. The first-order valence-electron chi connectivity index (χ1n) is 10.3. The molecule has 2 aromatic carbocycles. The second-order valence-corrected chi connectivity index (χ2v) is 7.95. The lowest BCUT2D eigenvalue weighted by Crippen LogP contribution is -2.29. The van der Waals surface area contributed by atoms with Gasteiger partial charge in [-0.15, -0.1) is 0 Å². The highest BCUT2D eigenvalue weighted by Gasteiger charge is 2.36. The van der Waals surface area contributed by atoms with Crippen LogP contribution in [0.25, 0.3) is 11.0 Å². The van der Waals surface area contributed by atoms with Crippen molar-refractivity contribution in [3.05, 3.63) is 71.8 Å². The van der Waals surface area contributed by atoms with Gasteiger partial charge in [0.05, 0.1) is 24.5 Å². The van der Waals surface area contributed by atoms with Gasteiger partial charge in [-0.05, 0) is 48.1 Å². The van der Waals surface area contributed by atoms with Gasteiger partial charge in [0, 0.05) is 24.6 Å². The average Bonchev–Trinajstić information content (AvgIpc) is 3.37. The molecular formula is C24H23N3O3. The number of aromatic nitrogens is 2. The highest BCUT2D eigenvalue weighted by Crippen LogP contribution is 2.40. The van der Waals surface area contributed by atoms with Crippen LogP contribution >= 0.6 is 0 Å². The number of hydrogen-bond acceptors (Lipinski definition) is 4. The van der Waals surface area contributed by atoms with E-state index in [2.05, 4.69) is 34.2 Å². The van der Waals surface area contributed by atoms with E-state index in [1.807, 2.05) is 18.2 Å². The van der Waals surface area contributed by atoms with Gasteiger partial charge in [-0.3, -0.25) is 14.5 Å². The highest BCUT2D eigenvalue weighted by atomic mass is 16.5. The first kappa shape index (κ1) is 18.6. The number of carbonyl (C=O) groups is 2. The molecule has 1 saturated carbocycles. The van der Waals surface area contributed by atoms with Crippen LogP contribution in [0.1, 0.15) is 48.8 Å². The largest absolute Gasteiger partial charge is 0.498 e. The third-order valence-corrected chi connectivity index (χ3v) is 6.22. The lowest BCUT2D eigenvalue weighted by atomic mass is 9.83. The van der Waals surface area contributed by atoms with Crippen LogP contribution < -0.4 is 4.90 Å². The predicted molar refractivity (Wildman–Crippen MR) is 114 cm³/mol. The molecule has 1 unspecified atom stereocenters. The van der Waals surface area contributed by atoms with E-state index in [1.165, 1.54) is 5.56 Å². The van der Waals surface area contributed by atoms with Gasteiger partial charge in [-0.25, -0.2) is 4.98 Å². The van der Waals surface area contributed by atoms with E-state index in [9.17, 15) is 9.59 Å². The van der Waals surface area contributed by atoms with Gasteiger partial charge in [0.25, 0.3) is 5.91 Å². The Morgan fingerprint density at radius 1 is 1.03 bits per heavy atom. The van der Waals surface area contributed by atoms with Crippen molar-refractivity contribution in [3.8, 4) is 0 Å². The lowest BCUT2D eigenvalue weighted by molar-refractivity contribution is -0.120. The average molecular weight is 401 g/mol. The summed E-state index contributed by atoms with van der Waals surface area (Å²) in [5.74, 6) is 1.31. The zero-order valence-electron chi connectivity index (χ0n) is 16.8. The molecule has 152 valence electrons. The van der Waals surface area contributed by atoms with Gasteiger partial charge >= 0.3 is 0 Å². The number of nitrogens with one attached hydrogen (secondary N) is 1. The smallest absolute Gasteiger partial charge is 0.255 e. The molecule has 1 aliphatic carbocycles. The second-order valence-electron chi connectivity index (χ2n) is 7.95. The van der Waals surface area contributed by atoms with Crippen LogP contribution in [0.3, 0.4) is 0 Å². The van der Waals surface area contributed by atoms with E-state index < -0.39 is 0 Å². The van der Waals surface area contributed by atoms with Gasteiger partial charge in [0.2, 0.25) is 0 Å². The molecular weight excluding hydrogens is 378 g/mol. The molecule has 2 heterocycles. The number of benzene rings is 2. The second kappa shape index (κ2) is 7.44. The van der Waals surface area contributed by atoms with Crippen LogP contribution in [0.5, 0.6) is 0 Å². The van der Waals surface area contributed by atoms with Gasteiger partial charge in [0.1, 0.15) is 17.6 Å². The maximum Gasteiger partial charge on any atom is 0.255 e.